The number of amides is 1. The number of benzene rings is 1. The summed E-state index contributed by atoms with van der Waals surface area (Å²) >= 11 is 0. The maximum atomic E-state index is 13.2. The molecule has 0 spiro atoms. The molecule has 1 amide bonds. The lowest BCUT2D eigenvalue weighted by atomic mass is 10.1. The van der Waals surface area contributed by atoms with Gasteiger partial charge in [-0.1, -0.05) is 0 Å². The predicted molar refractivity (Wildman–Crippen MR) is 66.8 cm³/mol. The Morgan fingerprint density at radius 3 is 2.74 bits per heavy atom. The van der Waals surface area contributed by atoms with Crippen molar-refractivity contribution in [2.45, 2.75) is 31.3 Å². The van der Waals surface area contributed by atoms with Crippen LogP contribution in [0.3, 0.4) is 0 Å². The average molecular weight is 266 g/mol. The zero-order valence-corrected chi connectivity index (χ0v) is 10.5. The van der Waals surface area contributed by atoms with Crippen LogP contribution in [0.5, 0.6) is 0 Å². The SMILES string of the molecule is O=C(c1ccc(F)c(F)c1)N1CC[C@H]2CC[C@@H](C1)N2. The Morgan fingerprint density at radius 1 is 1.16 bits per heavy atom. The number of nitrogens with zero attached hydrogens (tertiary/aromatic N) is 1. The Morgan fingerprint density at radius 2 is 1.95 bits per heavy atom. The Labute approximate surface area is 110 Å². The Hall–Kier alpha value is -1.49. The molecule has 2 aliphatic heterocycles. The van der Waals surface area contributed by atoms with Crippen molar-refractivity contribution in [3.05, 3.63) is 35.4 Å². The third-order valence-electron chi connectivity index (χ3n) is 3.98. The number of hydrogen-bond donors (Lipinski definition) is 1. The lowest BCUT2D eigenvalue weighted by Gasteiger charge is -2.24. The second-order valence-electron chi connectivity index (χ2n) is 5.31. The third-order valence-corrected chi connectivity index (χ3v) is 3.98. The summed E-state index contributed by atoms with van der Waals surface area (Å²) in [4.78, 5) is 14.0. The van der Waals surface area contributed by atoms with Crippen LogP contribution < -0.4 is 5.32 Å². The van der Waals surface area contributed by atoms with Crippen LogP contribution in [0.2, 0.25) is 0 Å². The summed E-state index contributed by atoms with van der Waals surface area (Å²) in [5.74, 6) is -2.11. The van der Waals surface area contributed by atoms with Crippen LogP contribution in [0.4, 0.5) is 8.78 Å². The van der Waals surface area contributed by atoms with Crippen LogP contribution in [0.15, 0.2) is 18.2 Å². The molecule has 2 heterocycles. The minimum Gasteiger partial charge on any atom is -0.337 e. The Bertz CT molecular complexity index is 506. The summed E-state index contributed by atoms with van der Waals surface area (Å²) in [7, 11) is 0. The normalized spacial score (nSPS) is 26.3. The molecule has 3 nitrogen and oxygen atoms in total. The molecule has 0 radical (unpaired) electrons. The van der Waals surface area contributed by atoms with Gasteiger partial charge in [0.1, 0.15) is 0 Å². The van der Waals surface area contributed by atoms with Gasteiger partial charge in [0.2, 0.25) is 0 Å². The number of carbonyl (C=O) groups is 1. The molecule has 0 unspecified atom stereocenters. The molecule has 1 aromatic rings. The van der Waals surface area contributed by atoms with Crippen molar-refractivity contribution in [1.29, 1.82) is 0 Å². The molecule has 2 bridgehead atoms. The van der Waals surface area contributed by atoms with E-state index in [1.807, 2.05) is 0 Å². The minimum absolute atomic E-state index is 0.215. The highest BCUT2D eigenvalue weighted by Gasteiger charge is 2.31. The number of halogens is 2. The van der Waals surface area contributed by atoms with Gasteiger partial charge in [0.25, 0.3) is 5.91 Å². The molecule has 2 aliphatic rings. The second kappa shape index (κ2) is 4.89. The summed E-state index contributed by atoms with van der Waals surface area (Å²) in [6.45, 7) is 1.32. The molecule has 2 atom stereocenters. The first kappa shape index (κ1) is 12.5. The third kappa shape index (κ3) is 2.47. The molecular weight excluding hydrogens is 250 g/mol. The Balaban J connectivity index is 1.77. The fraction of sp³-hybridized carbons (Fsp3) is 0.500. The molecule has 0 aromatic heterocycles. The topological polar surface area (TPSA) is 32.3 Å². The van der Waals surface area contributed by atoms with Crippen LogP contribution in [0.25, 0.3) is 0 Å². The largest absolute Gasteiger partial charge is 0.337 e. The van der Waals surface area contributed by atoms with Crippen molar-refractivity contribution in [1.82, 2.24) is 10.2 Å². The molecule has 2 fully saturated rings. The van der Waals surface area contributed by atoms with Gasteiger partial charge in [0.05, 0.1) is 0 Å². The van der Waals surface area contributed by atoms with Crippen molar-refractivity contribution in [2.75, 3.05) is 13.1 Å². The van der Waals surface area contributed by atoms with Crippen molar-refractivity contribution in [2.24, 2.45) is 0 Å². The van der Waals surface area contributed by atoms with Gasteiger partial charge in [0, 0.05) is 30.7 Å². The van der Waals surface area contributed by atoms with Crippen LogP contribution in [0, 0.1) is 11.6 Å². The van der Waals surface area contributed by atoms with E-state index >= 15 is 0 Å². The molecule has 5 heteroatoms. The summed E-state index contributed by atoms with van der Waals surface area (Å²) < 4.78 is 26.1. The molecule has 3 rings (SSSR count). The van der Waals surface area contributed by atoms with Gasteiger partial charge in [-0.25, -0.2) is 8.78 Å². The van der Waals surface area contributed by atoms with E-state index in [4.69, 9.17) is 0 Å². The van der Waals surface area contributed by atoms with Crippen molar-refractivity contribution in [3.63, 3.8) is 0 Å². The van der Waals surface area contributed by atoms with Gasteiger partial charge in [-0.15, -0.1) is 0 Å². The number of likely N-dealkylation sites (tertiary alicyclic amines) is 1. The molecule has 19 heavy (non-hydrogen) atoms. The quantitative estimate of drug-likeness (QED) is 0.842. The highest BCUT2D eigenvalue weighted by molar-refractivity contribution is 5.94. The number of nitrogens with one attached hydrogen (secondary N) is 1. The smallest absolute Gasteiger partial charge is 0.254 e. The first-order valence-electron chi connectivity index (χ1n) is 6.64. The number of fused-ring (bicyclic) bond motifs is 2. The highest BCUT2D eigenvalue weighted by Crippen LogP contribution is 2.22. The van der Waals surface area contributed by atoms with Crippen molar-refractivity contribution in [3.8, 4) is 0 Å². The molecule has 1 N–H and O–H groups in total. The van der Waals surface area contributed by atoms with Crippen LogP contribution in [-0.2, 0) is 0 Å². The zero-order valence-electron chi connectivity index (χ0n) is 10.5. The van der Waals surface area contributed by atoms with Gasteiger partial charge in [0.15, 0.2) is 11.6 Å². The van der Waals surface area contributed by atoms with Crippen LogP contribution in [-0.4, -0.2) is 36.0 Å². The summed E-state index contributed by atoms with van der Waals surface area (Å²) in [5, 5.41) is 3.48. The summed E-state index contributed by atoms with van der Waals surface area (Å²) in [5.41, 5.74) is 0.219. The molecule has 0 saturated carbocycles. The second-order valence-corrected chi connectivity index (χ2v) is 5.31. The average Bonchev–Trinajstić information content (AvgIpc) is 2.72. The van der Waals surface area contributed by atoms with Crippen molar-refractivity contribution < 1.29 is 13.6 Å². The van der Waals surface area contributed by atoms with Gasteiger partial charge in [-0.05, 0) is 37.5 Å². The molecule has 0 aliphatic carbocycles. The van der Waals surface area contributed by atoms with E-state index in [0.717, 1.165) is 31.4 Å². The van der Waals surface area contributed by atoms with Gasteiger partial charge >= 0.3 is 0 Å². The monoisotopic (exact) mass is 266 g/mol. The minimum atomic E-state index is -0.972. The number of carbonyl (C=O) groups excluding carboxylic acids is 1. The van der Waals surface area contributed by atoms with Crippen LogP contribution in [0.1, 0.15) is 29.6 Å². The van der Waals surface area contributed by atoms with Crippen molar-refractivity contribution >= 4 is 5.91 Å². The van der Waals surface area contributed by atoms with E-state index in [1.165, 1.54) is 6.07 Å². The first-order valence-corrected chi connectivity index (χ1v) is 6.64. The molecule has 1 aromatic carbocycles. The molecular formula is C14H16F2N2O. The van der Waals surface area contributed by atoms with E-state index in [-0.39, 0.29) is 11.5 Å². The van der Waals surface area contributed by atoms with Gasteiger partial charge in [-0.3, -0.25) is 4.79 Å². The van der Waals surface area contributed by atoms with Crippen LogP contribution >= 0.6 is 0 Å². The number of rotatable bonds is 1. The lowest BCUT2D eigenvalue weighted by Crippen LogP contribution is -2.39. The highest BCUT2D eigenvalue weighted by atomic mass is 19.2. The predicted octanol–water partition coefficient (Wildman–Crippen LogP) is 1.93. The van der Waals surface area contributed by atoms with Gasteiger partial charge < -0.3 is 10.2 Å². The maximum Gasteiger partial charge on any atom is 0.254 e. The van der Waals surface area contributed by atoms with E-state index in [0.29, 0.717) is 25.2 Å². The van der Waals surface area contributed by atoms with E-state index < -0.39 is 11.6 Å². The summed E-state index contributed by atoms with van der Waals surface area (Å²) in [6, 6.07) is 4.16. The Kier molecular flexibility index (Phi) is 3.22. The first-order chi connectivity index (χ1) is 9.13. The summed E-state index contributed by atoms with van der Waals surface area (Å²) in [6.07, 6.45) is 3.16. The standard InChI is InChI=1S/C14H16F2N2O/c15-12-4-1-9(7-13(12)16)14(19)18-6-5-10-2-3-11(8-18)17-10/h1,4,7,10-11,17H,2-3,5-6,8H2/t10-,11+/m1/s1. The fourth-order valence-corrected chi connectivity index (χ4v) is 2.94. The number of hydrogen-bond acceptors (Lipinski definition) is 2. The van der Waals surface area contributed by atoms with Gasteiger partial charge in [-0.2, -0.15) is 0 Å². The molecule has 2 saturated heterocycles. The lowest BCUT2D eigenvalue weighted by molar-refractivity contribution is 0.0747. The van der Waals surface area contributed by atoms with E-state index in [1.54, 1.807) is 4.90 Å². The van der Waals surface area contributed by atoms with E-state index in [9.17, 15) is 13.6 Å². The maximum absolute atomic E-state index is 13.2. The molecule has 102 valence electrons. The zero-order chi connectivity index (χ0) is 13.4. The van der Waals surface area contributed by atoms with E-state index in [2.05, 4.69) is 5.32 Å². The fourth-order valence-electron chi connectivity index (χ4n) is 2.94.